The molecule has 0 amide bonds. The van der Waals surface area contributed by atoms with Crippen molar-refractivity contribution in [3.05, 3.63) is 119 Å². The molecule has 0 spiro atoms. The maximum atomic E-state index is 12.0. The number of carbonyl (C=O) groups is 2. The minimum absolute atomic E-state index is 0.103. The molecule has 0 atom stereocenters. The van der Waals surface area contributed by atoms with E-state index in [0.29, 0.717) is 0 Å². The van der Waals surface area contributed by atoms with Crippen molar-refractivity contribution in [1.29, 1.82) is 0 Å². The third kappa shape index (κ3) is 6.91. The lowest BCUT2D eigenvalue weighted by Crippen LogP contribution is -2.06. The van der Waals surface area contributed by atoms with Crippen LogP contribution in [0, 0.1) is 0 Å². The van der Waals surface area contributed by atoms with Crippen LogP contribution in [0.5, 0.6) is 0 Å². The van der Waals surface area contributed by atoms with Crippen LogP contribution in [0.3, 0.4) is 0 Å². The Hall–Kier alpha value is -3.92. The Morgan fingerprint density at radius 1 is 0.567 bits per heavy atom. The molecule has 0 aromatic heterocycles. The number of carbonyl (C=O) groups excluding carboxylic acids is 2. The lowest BCUT2D eigenvalue weighted by atomic mass is 10.1. The van der Waals surface area contributed by atoms with Gasteiger partial charge in [0, 0.05) is 12.2 Å². The van der Waals surface area contributed by atoms with Crippen LogP contribution in [-0.4, -0.2) is 11.9 Å². The smallest absolute Gasteiger partial charge is 0.331 e. The fraction of sp³-hybridized carbons (Fsp3) is 0.0769. The summed E-state index contributed by atoms with van der Waals surface area (Å²) < 4.78 is 10.6. The van der Waals surface area contributed by atoms with E-state index in [-0.39, 0.29) is 13.2 Å². The van der Waals surface area contributed by atoms with E-state index in [0.717, 1.165) is 22.3 Å². The number of benzene rings is 3. The molecule has 150 valence electrons. The maximum Gasteiger partial charge on any atom is 0.331 e. The molecule has 30 heavy (non-hydrogen) atoms. The minimum Gasteiger partial charge on any atom is -0.458 e. The summed E-state index contributed by atoms with van der Waals surface area (Å²) in [6.45, 7) is 0.205. The monoisotopic (exact) mass is 398 g/mol. The van der Waals surface area contributed by atoms with Gasteiger partial charge in [0.05, 0.1) is 0 Å². The van der Waals surface area contributed by atoms with Crippen molar-refractivity contribution < 1.29 is 19.1 Å². The lowest BCUT2D eigenvalue weighted by Gasteiger charge is -2.09. The van der Waals surface area contributed by atoms with Crippen molar-refractivity contribution in [2.75, 3.05) is 0 Å². The van der Waals surface area contributed by atoms with Gasteiger partial charge in [-0.05, 0) is 34.4 Å². The topological polar surface area (TPSA) is 52.6 Å². The summed E-state index contributed by atoms with van der Waals surface area (Å²) in [5.41, 5.74) is 3.42. The molecule has 4 heteroatoms. The predicted molar refractivity (Wildman–Crippen MR) is 117 cm³/mol. The molecule has 0 unspecified atom stereocenters. The van der Waals surface area contributed by atoms with E-state index in [1.807, 2.05) is 84.9 Å². The van der Waals surface area contributed by atoms with Crippen LogP contribution in [0.25, 0.3) is 12.2 Å². The molecule has 3 aromatic rings. The third-order valence-electron chi connectivity index (χ3n) is 4.28. The Labute approximate surface area is 176 Å². The van der Waals surface area contributed by atoms with Gasteiger partial charge in [0.2, 0.25) is 0 Å². The van der Waals surface area contributed by atoms with Gasteiger partial charge in [-0.2, -0.15) is 0 Å². The molecule has 3 aromatic carbocycles. The van der Waals surface area contributed by atoms with Gasteiger partial charge in [0.25, 0.3) is 0 Å². The minimum atomic E-state index is -0.434. The lowest BCUT2D eigenvalue weighted by molar-refractivity contribution is -0.140. The van der Waals surface area contributed by atoms with Crippen molar-refractivity contribution in [3.8, 4) is 0 Å². The Morgan fingerprint density at radius 2 is 0.933 bits per heavy atom. The van der Waals surface area contributed by atoms with E-state index in [4.69, 9.17) is 9.47 Å². The molecule has 0 fully saturated rings. The molecule has 0 bridgehead atoms. The van der Waals surface area contributed by atoms with E-state index in [1.165, 1.54) is 12.2 Å². The van der Waals surface area contributed by atoms with Gasteiger partial charge < -0.3 is 9.47 Å². The second kappa shape index (κ2) is 11.2. The number of rotatable bonds is 8. The first-order valence-electron chi connectivity index (χ1n) is 9.57. The molecule has 0 aliphatic rings. The molecule has 0 radical (unpaired) electrons. The first-order chi connectivity index (χ1) is 14.7. The SMILES string of the molecule is O=C(/C=C/c1ccccc1)OCc1ccccc1COC(=O)/C=C/c1ccccc1. The van der Waals surface area contributed by atoms with Crippen LogP contribution in [0.15, 0.2) is 97.1 Å². The average Bonchev–Trinajstić information content (AvgIpc) is 2.80. The summed E-state index contributed by atoms with van der Waals surface area (Å²) in [6, 6.07) is 26.4. The summed E-state index contributed by atoms with van der Waals surface area (Å²) in [5, 5.41) is 0. The molecule has 0 saturated carbocycles. The average molecular weight is 398 g/mol. The second-order valence-corrected chi connectivity index (χ2v) is 6.47. The highest BCUT2D eigenvalue weighted by Gasteiger charge is 2.07. The van der Waals surface area contributed by atoms with E-state index in [9.17, 15) is 9.59 Å². The van der Waals surface area contributed by atoms with Crippen LogP contribution >= 0.6 is 0 Å². The largest absolute Gasteiger partial charge is 0.458 e. The van der Waals surface area contributed by atoms with E-state index in [2.05, 4.69) is 0 Å². The van der Waals surface area contributed by atoms with Gasteiger partial charge in [0.1, 0.15) is 13.2 Å². The zero-order chi connectivity index (χ0) is 21.0. The maximum absolute atomic E-state index is 12.0. The van der Waals surface area contributed by atoms with E-state index in [1.54, 1.807) is 12.2 Å². The molecule has 0 heterocycles. The zero-order valence-electron chi connectivity index (χ0n) is 16.4. The van der Waals surface area contributed by atoms with Crippen molar-refractivity contribution in [2.45, 2.75) is 13.2 Å². The molecular weight excluding hydrogens is 376 g/mol. The van der Waals surface area contributed by atoms with Crippen LogP contribution in [0.1, 0.15) is 22.3 Å². The predicted octanol–water partition coefficient (Wildman–Crippen LogP) is 5.20. The molecule has 4 nitrogen and oxygen atoms in total. The molecule has 0 saturated heterocycles. The summed E-state index contributed by atoms with van der Waals surface area (Å²) in [5.74, 6) is -0.868. The van der Waals surface area contributed by atoms with Gasteiger partial charge in [-0.1, -0.05) is 84.9 Å². The Balaban J connectivity index is 1.51. The van der Waals surface area contributed by atoms with Crippen LogP contribution in [-0.2, 0) is 32.3 Å². The first kappa shape index (κ1) is 20.8. The zero-order valence-corrected chi connectivity index (χ0v) is 16.4. The van der Waals surface area contributed by atoms with Crippen LogP contribution in [0.2, 0.25) is 0 Å². The summed E-state index contributed by atoms with van der Waals surface area (Å²) >= 11 is 0. The standard InChI is InChI=1S/C26H22O4/c27-25(17-15-21-9-3-1-4-10-21)29-19-23-13-7-8-14-24(23)20-30-26(28)18-16-22-11-5-2-6-12-22/h1-18H,19-20H2/b17-15+,18-16+. The fourth-order valence-corrected chi connectivity index (χ4v) is 2.69. The molecule has 0 aliphatic carbocycles. The Morgan fingerprint density at radius 3 is 1.33 bits per heavy atom. The Bertz CT molecular complexity index is 937. The summed E-state index contributed by atoms with van der Waals surface area (Å²) in [6.07, 6.45) is 6.20. The normalized spacial score (nSPS) is 10.9. The van der Waals surface area contributed by atoms with Gasteiger partial charge in [-0.3, -0.25) is 0 Å². The van der Waals surface area contributed by atoms with Crippen molar-refractivity contribution in [1.82, 2.24) is 0 Å². The highest BCUT2D eigenvalue weighted by molar-refractivity contribution is 5.87. The van der Waals surface area contributed by atoms with Gasteiger partial charge >= 0.3 is 11.9 Å². The van der Waals surface area contributed by atoms with Crippen LogP contribution in [0.4, 0.5) is 0 Å². The van der Waals surface area contributed by atoms with Crippen molar-refractivity contribution >= 4 is 24.1 Å². The molecule has 0 N–H and O–H groups in total. The number of hydrogen-bond donors (Lipinski definition) is 0. The second-order valence-electron chi connectivity index (χ2n) is 6.47. The summed E-state index contributed by atoms with van der Waals surface area (Å²) in [7, 11) is 0. The van der Waals surface area contributed by atoms with E-state index < -0.39 is 11.9 Å². The fourth-order valence-electron chi connectivity index (χ4n) is 2.69. The van der Waals surface area contributed by atoms with Gasteiger partial charge in [-0.15, -0.1) is 0 Å². The van der Waals surface area contributed by atoms with Crippen molar-refractivity contribution in [3.63, 3.8) is 0 Å². The molecule has 3 rings (SSSR count). The number of ether oxygens (including phenoxy) is 2. The Kier molecular flexibility index (Phi) is 7.75. The van der Waals surface area contributed by atoms with Crippen LogP contribution < -0.4 is 0 Å². The molecule has 0 aliphatic heterocycles. The number of esters is 2. The first-order valence-corrected chi connectivity index (χ1v) is 9.57. The third-order valence-corrected chi connectivity index (χ3v) is 4.28. The molecular formula is C26H22O4. The van der Waals surface area contributed by atoms with Gasteiger partial charge in [-0.25, -0.2) is 9.59 Å². The van der Waals surface area contributed by atoms with Gasteiger partial charge in [0.15, 0.2) is 0 Å². The van der Waals surface area contributed by atoms with E-state index >= 15 is 0 Å². The summed E-state index contributed by atoms with van der Waals surface area (Å²) in [4.78, 5) is 24.0. The highest BCUT2D eigenvalue weighted by Crippen LogP contribution is 2.13. The number of hydrogen-bond acceptors (Lipinski definition) is 4. The van der Waals surface area contributed by atoms with Crippen molar-refractivity contribution in [2.24, 2.45) is 0 Å². The highest BCUT2D eigenvalue weighted by atomic mass is 16.5. The quantitative estimate of drug-likeness (QED) is 0.387.